The van der Waals surface area contributed by atoms with E-state index in [4.69, 9.17) is 20.8 Å². The van der Waals surface area contributed by atoms with Crippen molar-refractivity contribution in [3.8, 4) is 23.0 Å². The Morgan fingerprint density at radius 2 is 1.88 bits per heavy atom. The van der Waals surface area contributed by atoms with Gasteiger partial charge in [-0.3, -0.25) is 9.59 Å². The van der Waals surface area contributed by atoms with Crippen LogP contribution >= 0.6 is 11.6 Å². The number of carbonyl (C=O) groups is 2. The van der Waals surface area contributed by atoms with Crippen LogP contribution in [0.3, 0.4) is 0 Å². The summed E-state index contributed by atoms with van der Waals surface area (Å²) in [5.74, 6) is 1.49. The summed E-state index contributed by atoms with van der Waals surface area (Å²) in [6.07, 6.45) is 0.649. The van der Waals surface area contributed by atoms with E-state index in [1.807, 2.05) is 20.8 Å². The normalized spacial score (nSPS) is 11.6. The first-order valence-electron chi connectivity index (χ1n) is 11.2. The topological polar surface area (TPSA) is 89.6 Å². The molecule has 3 rings (SSSR count). The van der Waals surface area contributed by atoms with Crippen molar-refractivity contribution in [2.24, 2.45) is 0 Å². The molecule has 0 radical (unpaired) electrons. The zero-order valence-electron chi connectivity index (χ0n) is 20.4. The highest BCUT2D eigenvalue weighted by Gasteiger charge is 2.26. The number of hydrogen-bond donors (Lipinski definition) is 1. The molecule has 0 saturated carbocycles. The van der Waals surface area contributed by atoms with Crippen LogP contribution in [0, 0.1) is 6.92 Å². The molecule has 2 aromatic carbocycles. The number of benzene rings is 2. The molecule has 180 valence electrons. The van der Waals surface area contributed by atoms with E-state index >= 15 is 0 Å². The van der Waals surface area contributed by atoms with Crippen molar-refractivity contribution in [1.29, 1.82) is 0 Å². The van der Waals surface area contributed by atoms with Crippen molar-refractivity contribution in [3.63, 3.8) is 0 Å². The van der Waals surface area contributed by atoms with Crippen molar-refractivity contribution >= 4 is 23.2 Å². The van der Waals surface area contributed by atoms with E-state index in [9.17, 15) is 14.7 Å². The van der Waals surface area contributed by atoms with Gasteiger partial charge in [-0.2, -0.15) is 0 Å². The minimum Gasteiger partial charge on any atom is -0.507 e. The average Bonchev–Trinajstić information content (AvgIpc) is 3.17. The van der Waals surface area contributed by atoms with E-state index in [2.05, 4.69) is 4.98 Å². The summed E-state index contributed by atoms with van der Waals surface area (Å²) in [7, 11) is 0. The van der Waals surface area contributed by atoms with Crippen LogP contribution in [0.4, 0.5) is 0 Å². The number of hydrogen-bond acceptors (Lipinski definition) is 6. The van der Waals surface area contributed by atoms with Crippen LogP contribution in [0.25, 0.3) is 11.5 Å². The number of ether oxygens (including phenoxy) is 1. The number of aromatic nitrogens is 1. The summed E-state index contributed by atoms with van der Waals surface area (Å²) < 4.78 is 11.8. The minimum atomic E-state index is -0.938. The van der Waals surface area contributed by atoms with Gasteiger partial charge in [-0.05, 0) is 69.7 Å². The fourth-order valence-electron chi connectivity index (χ4n) is 3.45. The Kier molecular flexibility index (Phi) is 7.51. The number of phenols is 1. The van der Waals surface area contributed by atoms with Gasteiger partial charge in [0.05, 0.1) is 11.3 Å². The third kappa shape index (κ3) is 5.68. The van der Waals surface area contributed by atoms with Crippen molar-refractivity contribution in [1.82, 2.24) is 4.98 Å². The van der Waals surface area contributed by atoms with Gasteiger partial charge in [0.1, 0.15) is 17.3 Å². The molecule has 0 bridgehead atoms. The number of halogens is 1. The van der Waals surface area contributed by atoms with Gasteiger partial charge in [-0.15, -0.1) is 0 Å². The van der Waals surface area contributed by atoms with Crippen molar-refractivity contribution in [2.45, 2.75) is 65.9 Å². The number of carbonyl (C=O) groups excluding carboxylic acids is 2. The largest absolute Gasteiger partial charge is 0.507 e. The molecule has 0 aliphatic carbocycles. The minimum absolute atomic E-state index is 0.0163. The molecule has 0 amide bonds. The quantitative estimate of drug-likeness (QED) is 0.341. The van der Waals surface area contributed by atoms with Crippen LogP contribution in [-0.4, -0.2) is 27.3 Å². The fourth-order valence-corrected chi connectivity index (χ4v) is 3.62. The average molecular weight is 484 g/mol. The molecule has 3 aromatic rings. The van der Waals surface area contributed by atoms with Crippen LogP contribution in [-0.2, 0) is 11.2 Å². The second-order valence-corrected chi connectivity index (χ2v) is 9.65. The molecule has 0 unspecified atom stereocenters. The lowest BCUT2D eigenvalue weighted by molar-refractivity contribution is -0.129. The molecule has 0 fully saturated rings. The van der Waals surface area contributed by atoms with Crippen LogP contribution in [0.1, 0.15) is 74.3 Å². The van der Waals surface area contributed by atoms with Gasteiger partial charge >= 0.3 is 0 Å². The summed E-state index contributed by atoms with van der Waals surface area (Å²) in [6.45, 7) is 10.8. The molecular formula is C27H30ClNO5. The Morgan fingerprint density at radius 1 is 1.18 bits per heavy atom. The highest BCUT2D eigenvalue weighted by Crippen LogP contribution is 2.34. The van der Waals surface area contributed by atoms with E-state index in [0.29, 0.717) is 45.7 Å². The smallest absolute Gasteiger partial charge is 0.230 e. The first-order chi connectivity index (χ1) is 15.9. The molecular weight excluding hydrogens is 454 g/mol. The number of aryl methyl sites for hydroxylation is 2. The highest BCUT2D eigenvalue weighted by atomic mass is 35.5. The van der Waals surface area contributed by atoms with Crippen molar-refractivity contribution in [3.05, 3.63) is 64.0 Å². The lowest BCUT2D eigenvalue weighted by Gasteiger charge is -2.24. The van der Waals surface area contributed by atoms with E-state index in [0.717, 1.165) is 5.56 Å². The third-order valence-corrected chi connectivity index (χ3v) is 5.98. The Labute approximate surface area is 204 Å². The Hall–Kier alpha value is -3.12. The standard InChI is InChI=1S/C27H30ClNO5/c1-15(2)25-21(29-26(33-25)20-9-8-19(28)14-23(20)32)10-11-22(31)18-7-12-24(16(3)13-18)34-27(5,6)17(4)30/h7-9,12-15,32H,10-11H2,1-6H3. The number of aromatic hydroxyl groups is 1. The van der Waals surface area contributed by atoms with Crippen molar-refractivity contribution < 1.29 is 23.8 Å². The Morgan fingerprint density at radius 3 is 2.47 bits per heavy atom. The molecule has 7 heteroatoms. The second kappa shape index (κ2) is 10.0. The van der Waals surface area contributed by atoms with Crippen LogP contribution in [0.5, 0.6) is 11.5 Å². The predicted octanol–water partition coefficient (Wildman–Crippen LogP) is 6.69. The zero-order valence-corrected chi connectivity index (χ0v) is 21.1. The number of phenolic OH excluding ortho intramolecular Hbond substituents is 1. The van der Waals surface area contributed by atoms with Gasteiger partial charge in [-0.25, -0.2) is 4.98 Å². The lowest BCUT2D eigenvalue weighted by Crippen LogP contribution is -2.36. The summed E-state index contributed by atoms with van der Waals surface area (Å²) >= 11 is 5.93. The third-order valence-electron chi connectivity index (χ3n) is 5.74. The Bertz CT molecular complexity index is 1230. The molecule has 34 heavy (non-hydrogen) atoms. The van der Waals surface area contributed by atoms with Gasteiger partial charge < -0.3 is 14.3 Å². The van der Waals surface area contributed by atoms with Gasteiger partial charge in [0.15, 0.2) is 17.2 Å². The molecule has 0 saturated heterocycles. The monoisotopic (exact) mass is 483 g/mol. The Balaban J connectivity index is 1.77. The lowest BCUT2D eigenvalue weighted by atomic mass is 10.0. The predicted molar refractivity (Wildman–Crippen MR) is 132 cm³/mol. The van der Waals surface area contributed by atoms with Gasteiger partial charge in [0, 0.05) is 29.3 Å². The molecule has 1 aromatic heterocycles. The van der Waals surface area contributed by atoms with E-state index in [-0.39, 0.29) is 29.7 Å². The van der Waals surface area contributed by atoms with E-state index in [1.54, 1.807) is 44.2 Å². The SMILES string of the molecule is CC(=O)C(C)(C)Oc1ccc(C(=O)CCc2nc(-c3ccc(Cl)cc3O)oc2C(C)C)cc1C. The number of oxazole rings is 1. The number of rotatable bonds is 9. The van der Waals surface area contributed by atoms with Gasteiger partial charge in [-0.1, -0.05) is 25.4 Å². The molecule has 0 spiro atoms. The highest BCUT2D eigenvalue weighted by molar-refractivity contribution is 6.30. The van der Waals surface area contributed by atoms with Crippen LogP contribution in [0.15, 0.2) is 40.8 Å². The maximum absolute atomic E-state index is 12.9. The van der Waals surface area contributed by atoms with Crippen LogP contribution < -0.4 is 4.74 Å². The van der Waals surface area contributed by atoms with Crippen LogP contribution in [0.2, 0.25) is 5.02 Å². The zero-order chi connectivity index (χ0) is 25.2. The van der Waals surface area contributed by atoms with Gasteiger partial charge in [0.2, 0.25) is 5.89 Å². The molecule has 6 nitrogen and oxygen atoms in total. The summed E-state index contributed by atoms with van der Waals surface area (Å²) in [4.78, 5) is 29.3. The molecule has 1 heterocycles. The number of Topliss-reactive ketones (excluding diaryl/α,β-unsaturated/α-hetero) is 2. The number of ketones is 2. The summed E-state index contributed by atoms with van der Waals surface area (Å²) in [6, 6.07) is 9.97. The second-order valence-electron chi connectivity index (χ2n) is 9.22. The summed E-state index contributed by atoms with van der Waals surface area (Å²) in [5.41, 5.74) is 1.55. The first kappa shape index (κ1) is 25.5. The molecule has 0 aliphatic heterocycles. The fraction of sp³-hybridized carbons (Fsp3) is 0.370. The number of nitrogens with zero attached hydrogens (tertiary/aromatic N) is 1. The summed E-state index contributed by atoms with van der Waals surface area (Å²) in [5, 5.41) is 10.6. The molecule has 0 atom stereocenters. The maximum atomic E-state index is 12.9. The first-order valence-corrected chi connectivity index (χ1v) is 11.6. The van der Waals surface area contributed by atoms with E-state index in [1.165, 1.54) is 13.0 Å². The maximum Gasteiger partial charge on any atom is 0.230 e. The van der Waals surface area contributed by atoms with E-state index < -0.39 is 5.60 Å². The molecule has 0 aliphatic rings. The van der Waals surface area contributed by atoms with Crippen molar-refractivity contribution in [2.75, 3.05) is 0 Å². The van der Waals surface area contributed by atoms with Gasteiger partial charge in [0.25, 0.3) is 0 Å². The molecule has 1 N–H and O–H groups in total.